The van der Waals surface area contributed by atoms with Crippen molar-refractivity contribution in [2.24, 2.45) is 0 Å². The molecule has 1 amide bonds. The van der Waals surface area contributed by atoms with Gasteiger partial charge in [0.25, 0.3) is 5.91 Å². The Kier molecular flexibility index (Phi) is 3.18. The highest BCUT2D eigenvalue weighted by atomic mass is 79.9. The van der Waals surface area contributed by atoms with Gasteiger partial charge in [-0.15, -0.1) is 0 Å². The summed E-state index contributed by atoms with van der Waals surface area (Å²) in [5.41, 5.74) is 4.61. The van der Waals surface area contributed by atoms with Crippen LogP contribution in [0.3, 0.4) is 0 Å². The third kappa shape index (κ3) is 2.34. The molecule has 0 bridgehead atoms. The fourth-order valence-electron chi connectivity index (χ4n) is 3.34. The van der Waals surface area contributed by atoms with Gasteiger partial charge in [0, 0.05) is 16.6 Å². The number of H-pyrrole nitrogens is 1. The smallest absolute Gasteiger partial charge is 0.262 e. The molecule has 2 aliphatic heterocycles. The zero-order valence-corrected chi connectivity index (χ0v) is 14.7. The monoisotopic (exact) mass is 399 g/mol. The first-order valence-corrected chi connectivity index (χ1v) is 8.77. The number of fused-ring (bicyclic) bond motifs is 1. The fraction of sp³-hybridized carbons (Fsp3) is 0.167. The lowest BCUT2D eigenvalue weighted by molar-refractivity contribution is -0.118. The van der Waals surface area contributed by atoms with E-state index in [1.54, 1.807) is 0 Å². The molecule has 0 saturated heterocycles. The largest absolute Gasteiger partial charge is 0.491 e. The molecule has 6 nitrogen and oxygen atoms in total. The van der Waals surface area contributed by atoms with E-state index in [1.807, 2.05) is 30.3 Å². The summed E-state index contributed by atoms with van der Waals surface area (Å²) in [6.45, 7) is 1.38. The van der Waals surface area contributed by atoms with E-state index in [1.165, 1.54) is 0 Å². The second kappa shape index (κ2) is 5.42. The predicted molar refractivity (Wildman–Crippen MR) is 99.5 cm³/mol. The molecule has 0 fully saturated rings. The SMILES string of the molecule is O=C1COc2ccc(-c3[nH]c4cc(Br)cc5c4c3NCCO5)cc2N1. The lowest BCUT2D eigenvalue weighted by Crippen LogP contribution is -2.25. The van der Waals surface area contributed by atoms with E-state index in [2.05, 4.69) is 31.5 Å². The molecule has 0 unspecified atom stereocenters. The van der Waals surface area contributed by atoms with E-state index in [0.29, 0.717) is 18.0 Å². The van der Waals surface area contributed by atoms with Crippen molar-refractivity contribution in [1.29, 1.82) is 0 Å². The number of amides is 1. The van der Waals surface area contributed by atoms with Crippen LogP contribution in [-0.4, -0.2) is 30.6 Å². The second-order valence-electron chi connectivity index (χ2n) is 6.02. The number of carbonyl (C=O) groups is 1. The number of hydrogen-bond donors (Lipinski definition) is 3. The molecule has 7 heteroatoms. The van der Waals surface area contributed by atoms with Gasteiger partial charge in [0.2, 0.25) is 0 Å². The maximum absolute atomic E-state index is 11.6. The van der Waals surface area contributed by atoms with E-state index >= 15 is 0 Å². The summed E-state index contributed by atoms with van der Waals surface area (Å²) in [5.74, 6) is 1.39. The van der Waals surface area contributed by atoms with E-state index in [9.17, 15) is 4.79 Å². The molecule has 25 heavy (non-hydrogen) atoms. The topological polar surface area (TPSA) is 75.4 Å². The molecule has 1 aromatic heterocycles. The summed E-state index contributed by atoms with van der Waals surface area (Å²) in [6.07, 6.45) is 0. The minimum absolute atomic E-state index is 0.0558. The van der Waals surface area contributed by atoms with Crippen LogP contribution in [0.1, 0.15) is 0 Å². The molecule has 0 spiro atoms. The van der Waals surface area contributed by atoms with Crippen LogP contribution in [-0.2, 0) is 4.79 Å². The fourth-order valence-corrected chi connectivity index (χ4v) is 3.78. The molecular formula is C18H14BrN3O3. The van der Waals surface area contributed by atoms with Gasteiger partial charge in [-0.3, -0.25) is 4.79 Å². The van der Waals surface area contributed by atoms with Gasteiger partial charge in [0.1, 0.15) is 18.1 Å². The highest BCUT2D eigenvalue weighted by molar-refractivity contribution is 9.10. The highest BCUT2D eigenvalue weighted by Gasteiger charge is 2.22. The van der Waals surface area contributed by atoms with E-state index in [4.69, 9.17) is 9.47 Å². The summed E-state index contributed by atoms with van der Waals surface area (Å²) in [5, 5.41) is 7.35. The van der Waals surface area contributed by atoms with Crippen molar-refractivity contribution in [3.05, 3.63) is 34.8 Å². The number of nitrogens with one attached hydrogen (secondary N) is 3. The second-order valence-corrected chi connectivity index (χ2v) is 6.94. The molecule has 0 atom stereocenters. The van der Waals surface area contributed by atoms with Gasteiger partial charge in [-0.05, 0) is 30.3 Å². The molecule has 5 rings (SSSR count). The molecule has 0 aliphatic carbocycles. The van der Waals surface area contributed by atoms with Crippen molar-refractivity contribution in [2.45, 2.75) is 0 Å². The normalized spacial score (nSPS) is 15.5. The number of hydrogen-bond acceptors (Lipinski definition) is 4. The van der Waals surface area contributed by atoms with Crippen molar-refractivity contribution in [3.63, 3.8) is 0 Å². The molecule has 3 N–H and O–H groups in total. The molecule has 126 valence electrons. The zero-order valence-electron chi connectivity index (χ0n) is 13.1. The van der Waals surface area contributed by atoms with Gasteiger partial charge in [-0.25, -0.2) is 0 Å². The highest BCUT2D eigenvalue weighted by Crippen LogP contribution is 2.44. The third-order valence-corrected chi connectivity index (χ3v) is 4.85. The van der Waals surface area contributed by atoms with Crippen molar-refractivity contribution >= 4 is 44.1 Å². The Balaban J connectivity index is 1.72. The summed E-state index contributed by atoms with van der Waals surface area (Å²) in [7, 11) is 0. The van der Waals surface area contributed by atoms with Crippen LogP contribution in [0.4, 0.5) is 11.4 Å². The molecule has 2 aromatic carbocycles. The molecular weight excluding hydrogens is 386 g/mol. The number of benzene rings is 2. The first kappa shape index (κ1) is 14.7. The molecule has 3 aromatic rings. The number of halogens is 1. The molecule has 0 radical (unpaired) electrons. The van der Waals surface area contributed by atoms with Crippen LogP contribution in [0, 0.1) is 0 Å². The predicted octanol–water partition coefficient (Wildman–Crippen LogP) is 3.73. The van der Waals surface area contributed by atoms with Crippen molar-refractivity contribution in [1.82, 2.24) is 4.98 Å². The van der Waals surface area contributed by atoms with Crippen molar-refractivity contribution < 1.29 is 14.3 Å². The minimum atomic E-state index is -0.142. The van der Waals surface area contributed by atoms with Gasteiger partial charge < -0.3 is 25.1 Å². The van der Waals surface area contributed by atoms with Gasteiger partial charge in [0.15, 0.2) is 6.61 Å². The zero-order chi connectivity index (χ0) is 17.0. The number of rotatable bonds is 1. The summed E-state index contributed by atoms with van der Waals surface area (Å²) in [4.78, 5) is 15.1. The Bertz CT molecular complexity index is 1030. The van der Waals surface area contributed by atoms with Crippen LogP contribution in [0.5, 0.6) is 11.5 Å². The number of ether oxygens (including phenoxy) is 2. The maximum atomic E-state index is 11.6. The lowest BCUT2D eigenvalue weighted by Gasteiger charge is -2.18. The Morgan fingerprint density at radius 3 is 2.92 bits per heavy atom. The number of aromatic amines is 1. The number of aromatic nitrogens is 1. The molecule has 2 aliphatic rings. The van der Waals surface area contributed by atoms with Crippen LogP contribution >= 0.6 is 15.9 Å². The summed E-state index contributed by atoms with van der Waals surface area (Å²) in [6, 6.07) is 9.81. The Morgan fingerprint density at radius 2 is 2.00 bits per heavy atom. The quantitative estimate of drug-likeness (QED) is 0.582. The first-order valence-electron chi connectivity index (χ1n) is 7.98. The van der Waals surface area contributed by atoms with Crippen LogP contribution in [0.25, 0.3) is 22.2 Å². The van der Waals surface area contributed by atoms with Gasteiger partial charge in [-0.1, -0.05) is 15.9 Å². The van der Waals surface area contributed by atoms with E-state index in [0.717, 1.165) is 44.6 Å². The summed E-state index contributed by atoms with van der Waals surface area (Å²) >= 11 is 3.54. The van der Waals surface area contributed by atoms with E-state index < -0.39 is 0 Å². The van der Waals surface area contributed by atoms with Gasteiger partial charge in [-0.2, -0.15) is 0 Å². The molecule has 3 heterocycles. The number of anilines is 2. The van der Waals surface area contributed by atoms with E-state index in [-0.39, 0.29) is 12.5 Å². The maximum Gasteiger partial charge on any atom is 0.262 e. The van der Waals surface area contributed by atoms with Gasteiger partial charge in [0.05, 0.1) is 28.0 Å². The average Bonchev–Trinajstić information content (AvgIpc) is 2.82. The Morgan fingerprint density at radius 1 is 1.08 bits per heavy atom. The first-order chi connectivity index (χ1) is 12.2. The average molecular weight is 400 g/mol. The Hall–Kier alpha value is -2.67. The standard InChI is InChI=1S/C18H14BrN3O3/c19-10-6-12-16-14(7-10)24-4-3-20-18(16)17(22-12)9-1-2-13-11(5-9)21-15(23)8-25-13/h1-2,5-7,20,22H,3-4,8H2,(H,21,23). The van der Waals surface area contributed by atoms with Crippen LogP contribution in [0.15, 0.2) is 34.8 Å². The van der Waals surface area contributed by atoms with Crippen LogP contribution < -0.4 is 20.1 Å². The summed E-state index contributed by atoms with van der Waals surface area (Å²) < 4.78 is 12.3. The van der Waals surface area contributed by atoms with Crippen LogP contribution in [0.2, 0.25) is 0 Å². The van der Waals surface area contributed by atoms with Crippen molar-refractivity contribution in [2.75, 3.05) is 30.4 Å². The number of carbonyl (C=O) groups excluding carboxylic acids is 1. The Labute approximate surface area is 151 Å². The van der Waals surface area contributed by atoms with Crippen molar-refractivity contribution in [3.8, 4) is 22.8 Å². The minimum Gasteiger partial charge on any atom is -0.491 e. The molecule has 0 saturated carbocycles. The van der Waals surface area contributed by atoms with Gasteiger partial charge >= 0.3 is 0 Å². The lowest BCUT2D eigenvalue weighted by atomic mass is 10.1. The third-order valence-electron chi connectivity index (χ3n) is 4.39.